The van der Waals surface area contributed by atoms with E-state index in [4.69, 9.17) is 0 Å². The number of pyridine rings is 1. The zero-order valence-corrected chi connectivity index (χ0v) is 14.2. The first-order chi connectivity index (χ1) is 9.36. The van der Waals surface area contributed by atoms with Crippen LogP contribution in [0.4, 0.5) is 0 Å². The van der Waals surface area contributed by atoms with Gasteiger partial charge in [-0.15, -0.1) is 0 Å². The molecular formula is C18H32ClN. The van der Waals surface area contributed by atoms with Crippen LogP contribution < -0.4 is 17.0 Å². The molecule has 0 radical (unpaired) electrons. The molecular weight excluding hydrogens is 266 g/mol. The van der Waals surface area contributed by atoms with E-state index in [1.165, 1.54) is 69.9 Å². The van der Waals surface area contributed by atoms with Gasteiger partial charge in [-0.1, -0.05) is 58.8 Å². The summed E-state index contributed by atoms with van der Waals surface area (Å²) in [4.78, 5) is 0. The molecule has 0 aromatic carbocycles. The molecule has 0 atom stereocenters. The van der Waals surface area contributed by atoms with Crippen LogP contribution in [0.5, 0.6) is 0 Å². The lowest BCUT2D eigenvalue weighted by Crippen LogP contribution is -3.00. The lowest BCUT2D eigenvalue weighted by atomic mass is 10.1. The first kappa shape index (κ1) is 19.4. The maximum atomic E-state index is 2.35. The van der Waals surface area contributed by atoms with Gasteiger partial charge in [0.2, 0.25) is 0 Å². The maximum Gasteiger partial charge on any atom is 0.171 e. The Bertz CT molecular complexity index is 325. The van der Waals surface area contributed by atoms with Crippen LogP contribution >= 0.6 is 0 Å². The molecule has 0 aliphatic rings. The van der Waals surface area contributed by atoms with Gasteiger partial charge in [0.15, 0.2) is 12.4 Å². The smallest absolute Gasteiger partial charge is 0.171 e. The third-order valence-electron chi connectivity index (χ3n) is 3.85. The first-order valence-electron chi connectivity index (χ1n) is 8.34. The molecule has 0 saturated carbocycles. The van der Waals surface area contributed by atoms with Crippen molar-refractivity contribution in [2.45, 2.75) is 84.6 Å². The van der Waals surface area contributed by atoms with E-state index in [-0.39, 0.29) is 12.4 Å². The van der Waals surface area contributed by atoms with Crippen LogP contribution in [-0.2, 0) is 13.0 Å². The van der Waals surface area contributed by atoms with Gasteiger partial charge in [-0.3, -0.25) is 0 Å². The van der Waals surface area contributed by atoms with Crippen LogP contribution in [0.3, 0.4) is 0 Å². The largest absolute Gasteiger partial charge is 1.00 e. The lowest BCUT2D eigenvalue weighted by Gasteiger charge is -2.01. The first-order valence-corrected chi connectivity index (χ1v) is 8.34. The Morgan fingerprint density at radius 1 is 0.850 bits per heavy atom. The summed E-state index contributed by atoms with van der Waals surface area (Å²) in [6.45, 7) is 5.69. The van der Waals surface area contributed by atoms with E-state index in [0.29, 0.717) is 0 Å². The average Bonchev–Trinajstić information content (AvgIpc) is 2.46. The Morgan fingerprint density at radius 2 is 1.45 bits per heavy atom. The van der Waals surface area contributed by atoms with Crippen molar-refractivity contribution in [2.75, 3.05) is 0 Å². The topological polar surface area (TPSA) is 3.88 Å². The van der Waals surface area contributed by atoms with Gasteiger partial charge in [-0.25, -0.2) is 4.57 Å². The van der Waals surface area contributed by atoms with E-state index in [0.717, 1.165) is 6.42 Å². The molecule has 1 rings (SSSR count). The minimum Gasteiger partial charge on any atom is -1.00 e. The van der Waals surface area contributed by atoms with Gasteiger partial charge < -0.3 is 12.4 Å². The van der Waals surface area contributed by atoms with Crippen LogP contribution in [0, 0.1) is 0 Å². The van der Waals surface area contributed by atoms with E-state index in [2.05, 4.69) is 42.9 Å². The van der Waals surface area contributed by atoms with Gasteiger partial charge in [0.05, 0.1) is 0 Å². The van der Waals surface area contributed by atoms with Gasteiger partial charge in [-0.05, 0) is 18.9 Å². The van der Waals surface area contributed by atoms with Gasteiger partial charge in [0.1, 0.15) is 6.54 Å². The molecule has 0 N–H and O–H groups in total. The fraction of sp³-hybridized carbons (Fsp3) is 0.722. The van der Waals surface area contributed by atoms with E-state index >= 15 is 0 Å². The third kappa shape index (κ3) is 9.36. The van der Waals surface area contributed by atoms with Crippen molar-refractivity contribution in [2.24, 2.45) is 0 Å². The summed E-state index contributed by atoms with van der Waals surface area (Å²) in [5, 5.41) is 0. The molecule has 1 aromatic heterocycles. The van der Waals surface area contributed by atoms with Crippen LogP contribution in [0.25, 0.3) is 0 Å². The summed E-state index contributed by atoms with van der Waals surface area (Å²) < 4.78 is 2.35. The van der Waals surface area contributed by atoms with E-state index in [1.807, 2.05) is 0 Å². The Hall–Kier alpha value is -0.560. The highest BCUT2D eigenvalue weighted by atomic mass is 35.5. The van der Waals surface area contributed by atoms with Crippen LogP contribution in [0.1, 0.15) is 77.2 Å². The van der Waals surface area contributed by atoms with Gasteiger partial charge in [0, 0.05) is 18.1 Å². The molecule has 0 saturated heterocycles. The number of aryl methyl sites for hydroxylation is 2. The van der Waals surface area contributed by atoms with Gasteiger partial charge in [0.25, 0.3) is 0 Å². The van der Waals surface area contributed by atoms with Crippen molar-refractivity contribution in [1.29, 1.82) is 0 Å². The zero-order valence-electron chi connectivity index (χ0n) is 13.4. The predicted octanol–water partition coefficient (Wildman–Crippen LogP) is 2.07. The second-order valence-corrected chi connectivity index (χ2v) is 5.63. The Kier molecular flexibility index (Phi) is 13.0. The summed E-state index contributed by atoms with van der Waals surface area (Å²) in [7, 11) is 0. The summed E-state index contributed by atoms with van der Waals surface area (Å²) in [5.41, 5.74) is 1.44. The van der Waals surface area contributed by atoms with Crippen molar-refractivity contribution in [3.05, 3.63) is 30.1 Å². The lowest BCUT2D eigenvalue weighted by molar-refractivity contribution is -0.697. The predicted molar refractivity (Wildman–Crippen MR) is 83.2 cm³/mol. The molecule has 116 valence electrons. The van der Waals surface area contributed by atoms with E-state index in [9.17, 15) is 0 Å². The summed E-state index contributed by atoms with van der Waals surface area (Å²) in [6.07, 6.45) is 18.3. The van der Waals surface area contributed by atoms with E-state index < -0.39 is 0 Å². The van der Waals surface area contributed by atoms with Crippen molar-refractivity contribution in [3.63, 3.8) is 0 Å². The van der Waals surface area contributed by atoms with Crippen LogP contribution in [-0.4, -0.2) is 0 Å². The Balaban J connectivity index is 0.00000361. The number of rotatable bonds is 11. The zero-order chi connectivity index (χ0) is 13.8. The van der Waals surface area contributed by atoms with Crippen LogP contribution in [0.15, 0.2) is 24.5 Å². The monoisotopic (exact) mass is 297 g/mol. The number of hydrogen-bond acceptors (Lipinski definition) is 0. The van der Waals surface area contributed by atoms with E-state index in [1.54, 1.807) is 0 Å². The molecule has 1 aromatic rings. The highest BCUT2D eigenvalue weighted by Crippen LogP contribution is 2.09. The minimum absolute atomic E-state index is 0. The number of aromatic nitrogens is 1. The third-order valence-corrected chi connectivity index (χ3v) is 3.85. The second kappa shape index (κ2) is 13.4. The molecule has 2 heteroatoms. The molecule has 0 spiro atoms. The maximum absolute atomic E-state index is 2.35. The number of nitrogens with zero attached hydrogens (tertiary/aromatic N) is 1. The summed E-state index contributed by atoms with van der Waals surface area (Å²) in [6, 6.07) is 4.39. The molecule has 0 bridgehead atoms. The minimum atomic E-state index is 0. The molecule has 0 unspecified atom stereocenters. The molecule has 0 fully saturated rings. The second-order valence-electron chi connectivity index (χ2n) is 5.63. The summed E-state index contributed by atoms with van der Waals surface area (Å²) >= 11 is 0. The molecule has 1 heterocycles. The molecule has 20 heavy (non-hydrogen) atoms. The highest BCUT2D eigenvalue weighted by molar-refractivity contribution is 5.04. The number of unbranched alkanes of at least 4 members (excludes halogenated alkanes) is 8. The molecule has 0 aliphatic carbocycles. The van der Waals surface area contributed by atoms with Crippen molar-refractivity contribution in [3.8, 4) is 0 Å². The van der Waals surface area contributed by atoms with Crippen LogP contribution in [0.2, 0.25) is 0 Å². The van der Waals surface area contributed by atoms with Gasteiger partial charge in [-0.2, -0.15) is 0 Å². The molecule has 0 amide bonds. The van der Waals surface area contributed by atoms with Gasteiger partial charge >= 0.3 is 0 Å². The highest BCUT2D eigenvalue weighted by Gasteiger charge is 2.01. The normalized spacial score (nSPS) is 10.3. The summed E-state index contributed by atoms with van der Waals surface area (Å²) in [5.74, 6) is 0. The van der Waals surface area contributed by atoms with Crippen molar-refractivity contribution in [1.82, 2.24) is 0 Å². The Morgan fingerprint density at radius 3 is 2.05 bits per heavy atom. The van der Waals surface area contributed by atoms with Crippen molar-refractivity contribution < 1.29 is 17.0 Å². The van der Waals surface area contributed by atoms with Crippen molar-refractivity contribution >= 4 is 0 Å². The fourth-order valence-electron chi connectivity index (χ4n) is 2.53. The standard InChI is InChI=1S/C18H32N.ClH/c1-3-5-6-7-8-9-10-11-12-15-19-16-13-14-18(4-2)17-19;/h13-14,16-17H,3-12,15H2,1-2H3;1H/q+1;/p-1. The Labute approximate surface area is 132 Å². The SMILES string of the molecule is CCCCCCCCCCC[n+]1cccc(CC)c1.[Cl-]. The number of halogens is 1. The fourth-order valence-corrected chi connectivity index (χ4v) is 2.53. The quantitative estimate of drug-likeness (QED) is 0.435. The molecule has 1 nitrogen and oxygen atoms in total. The number of hydrogen-bond donors (Lipinski definition) is 0. The average molecular weight is 298 g/mol. The molecule has 0 aliphatic heterocycles.